The highest BCUT2D eigenvalue weighted by Crippen LogP contribution is 2.14. The molecule has 0 N–H and O–H groups in total. The average molecular weight is 263 g/mol. The van der Waals surface area contributed by atoms with Gasteiger partial charge in [-0.1, -0.05) is 12.1 Å². The molecular formula is C13H17N3OS. The normalized spacial score (nSPS) is 10.6. The van der Waals surface area contributed by atoms with Crippen LogP contribution in [0.3, 0.4) is 0 Å². The summed E-state index contributed by atoms with van der Waals surface area (Å²) >= 11 is 1.82. The summed E-state index contributed by atoms with van der Waals surface area (Å²) in [5.74, 6) is 2.97. The third-order valence-corrected chi connectivity index (χ3v) is 3.30. The van der Waals surface area contributed by atoms with Gasteiger partial charge >= 0.3 is 0 Å². The van der Waals surface area contributed by atoms with Gasteiger partial charge in [-0.05, 0) is 24.0 Å². The van der Waals surface area contributed by atoms with Gasteiger partial charge in [0.1, 0.15) is 17.9 Å². The van der Waals surface area contributed by atoms with E-state index in [1.54, 1.807) is 13.4 Å². The molecule has 0 aliphatic carbocycles. The van der Waals surface area contributed by atoms with E-state index < -0.39 is 0 Å². The first-order valence-electron chi connectivity index (χ1n) is 5.82. The molecular weight excluding hydrogens is 246 g/mol. The Morgan fingerprint density at radius 3 is 3.06 bits per heavy atom. The van der Waals surface area contributed by atoms with Crippen LogP contribution in [0.1, 0.15) is 11.4 Å². The first-order valence-corrected chi connectivity index (χ1v) is 7.21. The minimum Gasteiger partial charge on any atom is -0.497 e. The first kappa shape index (κ1) is 13.0. The minimum atomic E-state index is 0.737. The van der Waals surface area contributed by atoms with Crippen molar-refractivity contribution in [2.45, 2.75) is 13.0 Å². The highest BCUT2D eigenvalue weighted by atomic mass is 32.2. The maximum atomic E-state index is 5.22. The number of ether oxygens (including phenoxy) is 1. The van der Waals surface area contributed by atoms with Crippen LogP contribution in [0.2, 0.25) is 0 Å². The topological polar surface area (TPSA) is 39.9 Å². The van der Waals surface area contributed by atoms with Crippen LogP contribution in [0.25, 0.3) is 0 Å². The monoisotopic (exact) mass is 263 g/mol. The zero-order valence-corrected chi connectivity index (χ0v) is 11.5. The molecule has 0 spiro atoms. The third kappa shape index (κ3) is 3.26. The largest absolute Gasteiger partial charge is 0.497 e. The van der Waals surface area contributed by atoms with Gasteiger partial charge in [-0.3, -0.25) is 0 Å². The molecule has 2 rings (SSSR count). The summed E-state index contributed by atoms with van der Waals surface area (Å²) in [6.07, 6.45) is 4.67. The summed E-state index contributed by atoms with van der Waals surface area (Å²) in [7, 11) is 1.68. The molecule has 0 saturated heterocycles. The number of aromatic nitrogens is 3. The first-order chi connectivity index (χ1) is 8.83. The molecule has 0 bridgehead atoms. The van der Waals surface area contributed by atoms with E-state index in [0.29, 0.717) is 0 Å². The molecule has 0 saturated carbocycles. The second-order valence-electron chi connectivity index (χ2n) is 3.93. The summed E-state index contributed by atoms with van der Waals surface area (Å²) in [5, 5.41) is 4.28. The standard InChI is InChI=1S/C13H17N3OS/c1-17-12-5-3-4-11(8-12)9-16-13(6-7-18-2)14-10-15-16/h3-5,8,10H,6-7,9H2,1-2H3. The quantitative estimate of drug-likeness (QED) is 0.801. The number of aryl methyl sites for hydroxylation is 1. The van der Waals surface area contributed by atoms with Crippen LogP contribution in [0.15, 0.2) is 30.6 Å². The molecule has 0 aliphatic rings. The van der Waals surface area contributed by atoms with E-state index in [1.807, 2.05) is 34.6 Å². The SMILES string of the molecule is COc1cccc(Cn2ncnc2CCSC)c1. The lowest BCUT2D eigenvalue weighted by molar-refractivity contribution is 0.414. The molecule has 1 heterocycles. The van der Waals surface area contributed by atoms with E-state index in [-0.39, 0.29) is 0 Å². The summed E-state index contributed by atoms with van der Waals surface area (Å²) in [4.78, 5) is 4.30. The second-order valence-corrected chi connectivity index (χ2v) is 4.91. The average Bonchev–Trinajstić information content (AvgIpc) is 2.84. The molecule has 96 valence electrons. The fourth-order valence-electron chi connectivity index (χ4n) is 1.75. The van der Waals surface area contributed by atoms with Crippen LogP contribution in [0.5, 0.6) is 5.75 Å². The Labute approximate surface area is 111 Å². The Balaban J connectivity index is 2.10. The summed E-state index contributed by atoms with van der Waals surface area (Å²) in [6, 6.07) is 8.04. The summed E-state index contributed by atoms with van der Waals surface area (Å²) in [5.41, 5.74) is 1.17. The predicted molar refractivity (Wildman–Crippen MR) is 74.2 cm³/mol. The second kappa shape index (κ2) is 6.44. The Morgan fingerprint density at radius 1 is 1.39 bits per heavy atom. The van der Waals surface area contributed by atoms with Gasteiger partial charge in [0.15, 0.2) is 0 Å². The van der Waals surface area contributed by atoms with E-state index in [2.05, 4.69) is 22.4 Å². The molecule has 0 amide bonds. The lowest BCUT2D eigenvalue weighted by atomic mass is 10.2. The highest BCUT2D eigenvalue weighted by Gasteiger charge is 2.05. The van der Waals surface area contributed by atoms with Crippen molar-refractivity contribution in [3.8, 4) is 5.75 Å². The number of hydrogen-bond acceptors (Lipinski definition) is 4. The molecule has 0 unspecified atom stereocenters. The van der Waals surface area contributed by atoms with Crippen molar-refractivity contribution >= 4 is 11.8 Å². The number of nitrogens with zero attached hydrogens (tertiary/aromatic N) is 3. The summed E-state index contributed by atoms with van der Waals surface area (Å²) in [6.45, 7) is 0.737. The molecule has 0 radical (unpaired) electrons. The highest BCUT2D eigenvalue weighted by molar-refractivity contribution is 7.98. The molecule has 0 fully saturated rings. The molecule has 18 heavy (non-hydrogen) atoms. The van der Waals surface area contributed by atoms with Crippen molar-refractivity contribution in [1.29, 1.82) is 0 Å². The van der Waals surface area contributed by atoms with Crippen molar-refractivity contribution < 1.29 is 4.74 Å². The number of benzene rings is 1. The Bertz CT molecular complexity index is 498. The predicted octanol–water partition coefficient (Wildman–Crippen LogP) is 2.24. The van der Waals surface area contributed by atoms with Gasteiger partial charge in [-0.2, -0.15) is 16.9 Å². The fraction of sp³-hybridized carbons (Fsp3) is 0.385. The van der Waals surface area contributed by atoms with Crippen LogP contribution in [-0.4, -0.2) is 33.9 Å². The van der Waals surface area contributed by atoms with Crippen molar-refractivity contribution in [3.63, 3.8) is 0 Å². The van der Waals surface area contributed by atoms with E-state index in [4.69, 9.17) is 4.74 Å². The minimum absolute atomic E-state index is 0.737. The Hall–Kier alpha value is -1.49. The van der Waals surface area contributed by atoms with Crippen LogP contribution < -0.4 is 4.74 Å². The zero-order valence-electron chi connectivity index (χ0n) is 10.7. The van der Waals surface area contributed by atoms with Crippen LogP contribution in [0.4, 0.5) is 0 Å². The van der Waals surface area contributed by atoms with Gasteiger partial charge in [-0.15, -0.1) is 0 Å². The van der Waals surface area contributed by atoms with Crippen LogP contribution in [0, 0.1) is 0 Å². The Kier molecular flexibility index (Phi) is 4.64. The van der Waals surface area contributed by atoms with E-state index >= 15 is 0 Å². The molecule has 1 aromatic heterocycles. The van der Waals surface area contributed by atoms with E-state index in [1.165, 1.54) is 5.56 Å². The molecule has 4 nitrogen and oxygen atoms in total. The van der Waals surface area contributed by atoms with Crippen LogP contribution >= 0.6 is 11.8 Å². The molecule has 0 atom stereocenters. The lowest BCUT2D eigenvalue weighted by Crippen LogP contribution is -2.08. The van der Waals surface area contributed by atoms with Gasteiger partial charge in [-0.25, -0.2) is 9.67 Å². The molecule has 5 heteroatoms. The summed E-state index contributed by atoms with van der Waals surface area (Å²) < 4.78 is 7.17. The third-order valence-electron chi connectivity index (χ3n) is 2.69. The fourth-order valence-corrected chi connectivity index (χ4v) is 2.14. The number of methoxy groups -OCH3 is 1. The van der Waals surface area contributed by atoms with Crippen molar-refractivity contribution in [2.24, 2.45) is 0 Å². The van der Waals surface area contributed by atoms with E-state index in [9.17, 15) is 0 Å². The zero-order chi connectivity index (χ0) is 12.8. The lowest BCUT2D eigenvalue weighted by Gasteiger charge is -2.07. The molecule has 0 aliphatic heterocycles. The van der Waals surface area contributed by atoms with Crippen molar-refractivity contribution in [2.75, 3.05) is 19.1 Å². The van der Waals surface area contributed by atoms with E-state index in [0.717, 1.165) is 30.3 Å². The number of hydrogen-bond donors (Lipinski definition) is 0. The van der Waals surface area contributed by atoms with Gasteiger partial charge in [0.25, 0.3) is 0 Å². The van der Waals surface area contributed by atoms with Gasteiger partial charge in [0, 0.05) is 12.2 Å². The van der Waals surface area contributed by atoms with Gasteiger partial charge < -0.3 is 4.74 Å². The van der Waals surface area contributed by atoms with Crippen molar-refractivity contribution in [3.05, 3.63) is 42.0 Å². The number of rotatable bonds is 6. The van der Waals surface area contributed by atoms with Gasteiger partial charge in [0.05, 0.1) is 13.7 Å². The van der Waals surface area contributed by atoms with Gasteiger partial charge in [0.2, 0.25) is 0 Å². The molecule has 2 aromatic rings. The van der Waals surface area contributed by atoms with Crippen molar-refractivity contribution in [1.82, 2.24) is 14.8 Å². The molecule has 1 aromatic carbocycles. The maximum absolute atomic E-state index is 5.22. The maximum Gasteiger partial charge on any atom is 0.138 e. The smallest absolute Gasteiger partial charge is 0.138 e. The van der Waals surface area contributed by atoms with Crippen LogP contribution in [-0.2, 0) is 13.0 Å². The Morgan fingerprint density at radius 2 is 2.28 bits per heavy atom. The number of thioether (sulfide) groups is 1.